The number of hydrogen-bond acceptors (Lipinski definition) is 5. The zero-order chi connectivity index (χ0) is 13.1. The van der Waals surface area contributed by atoms with Gasteiger partial charge in [0.2, 0.25) is 0 Å². The Labute approximate surface area is 141 Å². The lowest BCUT2D eigenvalue weighted by atomic mass is 9.98. The van der Waals surface area contributed by atoms with Crippen LogP contribution >= 0.6 is 36.2 Å². The summed E-state index contributed by atoms with van der Waals surface area (Å²) in [6, 6.07) is 3.85. The molecule has 4 nitrogen and oxygen atoms in total. The maximum atomic E-state index is 5.77. The zero-order valence-corrected chi connectivity index (χ0v) is 14.2. The second kappa shape index (κ2) is 8.76. The molecular formula is C14H21Cl2N3OS. The average Bonchev–Trinajstić information content (AvgIpc) is 3.09. The van der Waals surface area contributed by atoms with E-state index < -0.39 is 0 Å². The minimum atomic E-state index is 0. The smallest absolute Gasteiger partial charge is 0.162 e. The highest BCUT2D eigenvalue weighted by atomic mass is 35.5. The lowest BCUT2D eigenvalue weighted by Gasteiger charge is -2.31. The van der Waals surface area contributed by atoms with Crippen molar-refractivity contribution in [2.75, 3.05) is 19.6 Å². The van der Waals surface area contributed by atoms with Gasteiger partial charge in [0.25, 0.3) is 0 Å². The van der Waals surface area contributed by atoms with Crippen molar-refractivity contribution in [3.63, 3.8) is 0 Å². The SMILES string of the molecule is Cl.Cl.NCC1CCCN(Cc2csc(-c3ccco3)n2)C1. The van der Waals surface area contributed by atoms with E-state index in [9.17, 15) is 0 Å². The predicted molar refractivity (Wildman–Crippen MR) is 91.4 cm³/mol. The molecule has 0 saturated carbocycles. The van der Waals surface area contributed by atoms with Gasteiger partial charge in [-0.2, -0.15) is 0 Å². The molecule has 0 spiro atoms. The summed E-state index contributed by atoms with van der Waals surface area (Å²) in [7, 11) is 0. The largest absolute Gasteiger partial charge is 0.462 e. The summed E-state index contributed by atoms with van der Waals surface area (Å²) in [5, 5.41) is 3.09. The molecule has 1 aliphatic rings. The van der Waals surface area contributed by atoms with Crippen LogP contribution in [0.15, 0.2) is 28.2 Å². The van der Waals surface area contributed by atoms with E-state index in [0.717, 1.165) is 42.6 Å². The molecule has 0 amide bonds. The molecule has 2 aromatic rings. The highest BCUT2D eigenvalue weighted by Gasteiger charge is 2.19. The van der Waals surface area contributed by atoms with Gasteiger partial charge in [0.15, 0.2) is 10.8 Å². The Morgan fingerprint density at radius 2 is 2.29 bits per heavy atom. The molecule has 2 aromatic heterocycles. The van der Waals surface area contributed by atoms with Crippen LogP contribution in [0.5, 0.6) is 0 Å². The van der Waals surface area contributed by atoms with E-state index in [1.165, 1.54) is 12.8 Å². The molecule has 0 aromatic carbocycles. The van der Waals surface area contributed by atoms with E-state index in [4.69, 9.17) is 10.2 Å². The molecule has 0 radical (unpaired) electrons. The molecule has 1 fully saturated rings. The quantitative estimate of drug-likeness (QED) is 0.918. The van der Waals surface area contributed by atoms with E-state index in [1.807, 2.05) is 12.1 Å². The average molecular weight is 350 g/mol. The molecule has 1 unspecified atom stereocenters. The van der Waals surface area contributed by atoms with Gasteiger partial charge in [-0.25, -0.2) is 4.98 Å². The van der Waals surface area contributed by atoms with Gasteiger partial charge in [0, 0.05) is 18.5 Å². The van der Waals surface area contributed by atoms with Crippen molar-refractivity contribution in [1.82, 2.24) is 9.88 Å². The maximum Gasteiger partial charge on any atom is 0.162 e. The van der Waals surface area contributed by atoms with Crippen LogP contribution in [0.25, 0.3) is 10.8 Å². The third-order valence-electron chi connectivity index (χ3n) is 3.61. The Kier molecular flexibility index (Phi) is 7.70. The van der Waals surface area contributed by atoms with Crippen molar-refractivity contribution < 1.29 is 4.42 Å². The number of nitrogens with two attached hydrogens (primary N) is 1. The van der Waals surface area contributed by atoms with Crippen molar-refractivity contribution in [1.29, 1.82) is 0 Å². The summed E-state index contributed by atoms with van der Waals surface area (Å²) in [5.74, 6) is 1.51. The molecule has 1 atom stereocenters. The van der Waals surface area contributed by atoms with Crippen molar-refractivity contribution in [2.24, 2.45) is 11.7 Å². The van der Waals surface area contributed by atoms with Crippen LogP contribution in [0.4, 0.5) is 0 Å². The maximum absolute atomic E-state index is 5.77. The number of piperidine rings is 1. The number of furan rings is 1. The molecule has 3 rings (SSSR count). The van der Waals surface area contributed by atoms with Crippen LogP contribution in [0.1, 0.15) is 18.5 Å². The molecule has 3 heterocycles. The van der Waals surface area contributed by atoms with Gasteiger partial charge in [-0.1, -0.05) is 0 Å². The summed E-state index contributed by atoms with van der Waals surface area (Å²) in [6.07, 6.45) is 4.20. The van der Waals surface area contributed by atoms with Gasteiger partial charge in [-0.15, -0.1) is 36.2 Å². The highest BCUT2D eigenvalue weighted by molar-refractivity contribution is 7.13. The normalized spacial score (nSPS) is 18.8. The van der Waals surface area contributed by atoms with E-state index in [1.54, 1.807) is 17.6 Å². The molecule has 118 valence electrons. The Bertz CT molecular complexity index is 518. The monoisotopic (exact) mass is 349 g/mol. The van der Waals surface area contributed by atoms with E-state index in [-0.39, 0.29) is 24.8 Å². The third-order valence-corrected chi connectivity index (χ3v) is 4.51. The molecule has 7 heteroatoms. The lowest BCUT2D eigenvalue weighted by Crippen LogP contribution is -2.37. The second-order valence-corrected chi connectivity index (χ2v) is 5.96. The standard InChI is InChI=1S/C14H19N3OS.2ClH/c15-7-11-3-1-5-17(8-11)9-12-10-19-14(16-12)13-4-2-6-18-13;;/h2,4,6,10-11H,1,3,5,7-9,15H2;2*1H. The van der Waals surface area contributed by atoms with Crippen molar-refractivity contribution in [3.05, 3.63) is 29.5 Å². The zero-order valence-electron chi connectivity index (χ0n) is 11.7. The molecule has 1 aliphatic heterocycles. The van der Waals surface area contributed by atoms with Gasteiger partial charge < -0.3 is 10.2 Å². The molecule has 0 aliphatic carbocycles. The van der Waals surface area contributed by atoms with Gasteiger partial charge in [-0.05, 0) is 44.0 Å². The molecule has 2 N–H and O–H groups in total. The Balaban J connectivity index is 0.00000110. The lowest BCUT2D eigenvalue weighted by molar-refractivity contribution is 0.169. The fourth-order valence-electron chi connectivity index (χ4n) is 2.61. The summed E-state index contributed by atoms with van der Waals surface area (Å²) in [4.78, 5) is 7.11. The van der Waals surface area contributed by atoms with Gasteiger partial charge in [0.1, 0.15) is 0 Å². The Morgan fingerprint density at radius 1 is 1.43 bits per heavy atom. The minimum Gasteiger partial charge on any atom is -0.462 e. The number of likely N-dealkylation sites (tertiary alicyclic amines) is 1. The van der Waals surface area contributed by atoms with Crippen LogP contribution < -0.4 is 5.73 Å². The summed E-state index contributed by atoms with van der Waals surface area (Å²) < 4.78 is 5.38. The van der Waals surface area contributed by atoms with E-state index in [2.05, 4.69) is 15.3 Å². The Hall–Kier alpha value is -0.590. The van der Waals surface area contributed by atoms with Crippen molar-refractivity contribution in [2.45, 2.75) is 19.4 Å². The Morgan fingerprint density at radius 3 is 3.00 bits per heavy atom. The van der Waals surface area contributed by atoms with Gasteiger partial charge >= 0.3 is 0 Å². The number of halogens is 2. The van der Waals surface area contributed by atoms with Crippen LogP contribution in [0, 0.1) is 5.92 Å². The highest BCUT2D eigenvalue weighted by Crippen LogP contribution is 2.25. The summed E-state index contributed by atoms with van der Waals surface area (Å²) in [5.41, 5.74) is 6.91. The number of rotatable bonds is 4. The summed E-state index contributed by atoms with van der Waals surface area (Å²) >= 11 is 1.65. The van der Waals surface area contributed by atoms with Gasteiger partial charge in [-0.3, -0.25) is 4.90 Å². The molecular weight excluding hydrogens is 329 g/mol. The number of hydrogen-bond donors (Lipinski definition) is 1. The first-order chi connectivity index (χ1) is 9.35. The van der Waals surface area contributed by atoms with E-state index >= 15 is 0 Å². The van der Waals surface area contributed by atoms with Crippen LogP contribution in [0.2, 0.25) is 0 Å². The molecule has 0 bridgehead atoms. The first kappa shape index (κ1) is 18.5. The summed E-state index contributed by atoms with van der Waals surface area (Å²) in [6.45, 7) is 3.98. The van der Waals surface area contributed by atoms with Crippen molar-refractivity contribution >= 4 is 36.2 Å². The predicted octanol–water partition coefficient (Wildman–Crippen LogP) is 3.42. The van der Waals surface area contributed by atoms with Crippen LogP contribution in [0.3, 0.4) is 0 Å². The van der Waals surface area contributed by atoms with E-state index in [0.29, 0.717) is 5.92 Å². The number of aromatic nitrogens is 1. The second-order valence-electron chi connectivity index (χ2n) is 5.10. The third kappa shape index (κ3) is 4.69. The van der Waals surface area contributed by atoms with Crippen LogP contribution in [-0.2, 0) is 6.54 Å². The first-order valence-corrected chi connectivity index (χ1v) is 7.64. The number of nitrogens with zero attached hydrogens (tertiary/aromatic N) is 2. The molecule has 1 saturated heterocycles. The topological polar surface area (TPSA) is 55.3 Å². The van der Waals surface area contributed by atoms with Crippen molar-refractivity contribution in [3.8, 4) is 10.8 Å². The fourth-order valence-corrected chi connectivity index (χ4v) is 3.39. The fraction of sp³-hybridized carbons (Fsp3) is 0.500. The first-order valence-electron chi connectivity index (χ1n) is 6.76. The molecule has 21 heavy (non-hydrogen) atoms. The minimum absolute atomic E-state index is 0. The van der Waals surface area contributed by atoms with Gasteiger partial charge in [0.05, 0.1) is 12.0 Å². The van der Waals surface area contributed by atoms with Crippen LogP contribution in [-0.4, -0.2) is 29.5 Å². The number of thiazole rings is 1.